The number of nitrogens with one attached hydrogen (secondary N) is 2. The molecule has 106 valence electrons. The van der Waals surface area contributed by atoms with E-state index in [1.807, 2.05) is 6.92 Å². The van der Waals surface area contributed by atoms with E-state index in [2.05, 4.69) is 30.0 Å². The highest BCUT2D eigenvalue weighted by Gasteiger charge is 2.15. The van der Waals surface area contributed by atoms with E-state index >= 15 is 0 Å². The Balaban J connectivity index is 2.08. The molecule has 2 heterocycles. The molecule has 0 aromatic carbocycles. The standard InChI is InChI=1S/C11H14N6O2S/c1-8-3-14-9(4-13-8)5-17-20(18,19)10-6-15-11(12-2)16-7-10/h3-4,6-7,17H,5H2,1-2H3,(H,12,15,16). The summed E-state index contributed by atoms with van der Waals surface area (Å²) in [4.78, 5) is 15.8. The van der Waals surface area contributed by atoms with Crippen molar-refractivity contribution >= 4 is 16.0 Å². The Morgan fingerprint density at radius 2 is 1.75 bits per heavy atom. The molecule has 2 N–H and O–H groups in total. The van der Waals surface area contributed by atoms with Gasteiger partial charge in [0, 0.05) is 13.2 Å². The van der Waals surface area contributed by atoms with Crippen LogP contribution in [0.2, 0.25) is 0 Å². The Kier molecular flexibility index (Phi) is 4.20. The molecule has 9 heteroatoms. The van der Waals surface area contributed by atoms with Crippen molar-refractivity contribution in [3.63, 3.8) is 0 Å². The van der Waals surface area contributed by atoms with E-state index in [0.29, 0.717) is 11.6 Å². The van der Waals surface area contributed by atoms with Crippen molar-refractivity contribution in [3.8, 4) is 0 Å². The minimum absolute atomic E-state index is 0.00318. The molecule has 0 aliphatic heterocycles. The Labute approximate surface area is 116 Å². The molecular weight excluding hydrogens is 280 g/mol. The van der Waals surface area contributed by atoms with Crippen LogP contribution in [0.25, 0.3) is 0 Å². The molecule has 0 aliphatic carbocycles. The predicted molar refractivity (Wildman–Crippen MR) is 72.4 cm³/mol. The van der Waals surface area contributed by atoms with E-state index < -0.39 is 10.0 Å². The zero-order chi connectivity index (χ0) is 14.6. The third-order valence-corrected chi connectivity index (χ3v) is 3.80. The highest BCUT2D eigenvalue weighted by atomic mass is 32.2. The quantitative estimate of drug-likeness (QED) is 0.804. The third kappa shape index (κ3) is 3.45. The number of aromatic nitrogens is 4. The van der Waals surface area contributed by atoms with Gasteiger partial charge in [0.1, 0.15) is 4.90 Å². The van der Waals surface area contributed by atoms with Gasteiger partial charge in [-0.05, 0) is 6.92 Å². The second kappa shape index (κ2) is 5.88. The molecule has 0 aliphatic rings. The van der Waals surface area contributed by atoms with Crippen LogP contribution < -0.4 is 10.0 Å². The summed E-state index contributed by atoms with van der Waals surface area (Å²) in [5, 5.41) is 2.71. The minimum Gasteiger partial charge on any atom is -0.357 e. The normalized spacial score (nSPS) is 11.3. The van der Waals surface area contributed by atoms with E-state index in [1.54, 1.807) is 13.2 Å². The van der Waals surface area contributed by atoms with Crippen LogP contribution in [0.15, 0.2) is 29.7 Å². The molecule has 8 nitrogen and oxygen atoms in total. The molecule has 2 rings (SSSR count). The molecule has 0 spiro atoms. The van der Waals surface area contributed by atoms with Crippen molar-refractivity contribution in [2.24, 2.45) is 0 Å². The van der Waals surface area contributed by atoms with Crippen LogP contribution in [-0.2, 0) is 16.6 Å². The fourth-order valence-electron chi connectivity index (χ4n) is 1.35. The lowest BCUT2D eigenvalue weighted by Crippen LogP contribution is -2.24. The van der Waals surface area contributed by atoms with E-state index in [0.717, 1.165) is 5.69 Å². The van der Waals surface area contributed by atoms with Crippen LogP contribution in [0.3, 0.4) is 0 Å². The smallest absolute Gasteiger partial charge is 0.244 e. The summed E-state index contributed by atoms with van der Waals surface area (Å²) in [6, 6.07) is 0. The number of nitrogens with zero attached hydrogens (tertiary/aromatic N) is 4. The topological polar surface area (TPSA) is 110 Å². The summed E-state index contributed by atoms with van der Waals surface area (Å²) < 4.78 is 26.4. The minimum atomic E-state index is -3.66. The average Bonchev–Trinajstić information content (AvgIpc) is 2.47. The second-order valence-corrected chi connectivity index (χ2v) is 5.73. The summed E-state index contributed by atoms with van der Waals surface area (Å²) in [7, 11) is -2.01. The molecule has 0 amide bonds. The Morgan fingerprint density at radius 3 is 2.30 bits per heavy atom. The summed E-state index contributed by atoms with van der Waals surface area (Å²) >= 11 is 0. The van der Waals surface area contributed by atoms with E-state index in [1.165, 1.54) is 18.6 Å². The van der Waals surface area contributed by atoms with Gasteiger partial charge in [0.05, 0.1) is 36.5 Å². The molecule has 2 aromatic rings. The Morgan fingerprint density at radius 1 is 1.05 bits per heavy atom. The molecule has 0 saturated carbocycles. The number of sulfonamides is 1. The molecule has 0 bridgehead atoms. The lowest BCUT2D eigenvalue weighted by Gasteiger charge is -2.06. The zero-order valence-electron chi connectivity index (χ0n) is 11.0. The molecular formula is C11H14N6O2S. The number of hydrogen-bond donors (Lipinski definition) is 2. The molecule has 0 radical (unpaired) electrons. The van der Waals surface area contributed by atoms with Gasteiger partial charge in [-0.1, -0.05) is 0 Å². The summed E-state index contributed by atoms with van der Waals surface area (Å²) in [6.07, 6.45) is 5.58. The number of rotatable bonds is 5. The van der Waals surface area contributed by atoms with Gasteiger partial charge in [-0.25, -0.2) is 23.1 Å². The first kappa shape index (κ1) is 14.3. The van der Waals surface area contributed by atoms with Crippen LogP contribution >= 0.6 is 0 Å². The van der Waals surface area contributed by atoms with Crippen molar-refractivity contribution in [2.75, 3.05) is 12.4 Å². The molecule has 0 saturated heterocycles. The van der Waals surface area contributed by atoms with Crippen LogP contribution in [0.1, 0.15) is 11.4 Å². The van der Waals surface area contributed by atoms with Gasteiger partial charge < -0.3 is 5.32 Å². The molecule has 0 unspecified atom stereocenters. The van der Waals surface area contributed by atoms with Crippen LogP contribution in [-0.4, -0.2) is 35.4 Å². The Bertz CT molecular complexity index is 669. The van der Waals surface area contributed by atoms with Gasteiger partial charge >= 0.3 is 0 Å². The fourth-order valence-corrected chi connectivity index (χ4v) is 2.23. The third-order valence-electron chi connectivity index (χ3n) is 2.44. The number of aryl methyl sites for hydroxylation is 1. The van der Waals surface area contributed by atoms with Crippen LogP contribution in [0.4, 0.5) is 5.95 Å². The van der Waals surface area contributed by atoms with E-state index in [4.69, 9.17) is 0 Å². The average molecular weight is 294 g/mol. The van der Waals surface area contributed by atoms with Crippen molar-refractivity contribution in [1.82, 2.24) is 24.7 Å². The lowest BCUT2D eigenvalue weighted by atomic mass is 10.4. The summed E-state index contributed by atoms with van der Waals surface area (Å²) in [6.45, 7) is 1.87. The van der Waals surface area contributed by atoms with Gasteiger partial charge in [0.25, 0.3) is 0 Å². The molecule has 0 fully saturated rings. The van der Waals surface area contributed by atoms with Crippen molar-refractivity contribution < 1.29 is 8.42 Å². The van der Waals surface area contributed by atoms with Crippen LogP contribution in [0.5, 0.6) is 0 Å². The maximum Gasteiger partial charge on any atom is 0.244 e. The largest absolute Gasteiger partial charge is 0.357 e. The predicted octanol–water partition coefficient (Wildman–Crippen LogP) is 0.0952. The van der Waals surface area contributed by atoms with Crippen molar-refractivity contribution in [3.05, 3.63) is 36.2 Å². The molecule has 0 atom stereocenters. The van der Waals surface area contributed by atoms with E-state index in [9.17, 15) is 8.42 Å². The van der Waals surface area contributed by atoms with E-state index in [-0.39, 0.29) is 11.4 Å². The monoisotopic (exact) mass is 294 g/mol. The van der Waals surface area contributed by atoms with Gasteiger partial charge in [-0.2, -0.15) is 0 Å². The first-order valence-corrected chi connectivity index (χ1v) is 7.26. The van der Waals surface area contributed by atoms with Gasteiger partial charge in [-0.3, -0.25) is 9.97 Å². The fraction of sp³-hybridized carbons (Fsp3) is 0.273. The van der Waals surface area contributed by atoms with Crippen molar-refractivity contribution in [1.29, 1.82) is 0 Å². The summed E-state index contributed by atoms with van der Waals surface area (Å²) in [5.74, 6) is 0.355. The van der Waals surface area contributed by atoms with Gasteiger partial charge in [0.2, 0.25) is 16.0 Å². The maximum atomic E-state index is 12.0. The van der Waals surface area contributed by atoms with Gasteiger partial charge in [-0.15, -0.1) is 0 Å². The molecule has 20 heavy (non-hydrogen) atoms. The van der Waals surface area contributed by atoms with Gasteiger partial charge in [0.15, 0.2) is 0 Å². The summed E-state index contributed by atoms with van der Waals surface area (Å²) in [5.41, 5.74) is 1.31. The second-order valence-electron chi connectivity index (χ2n) is 3.97. The molecule has 2 aromatic heterocycles. The number of anilines is 1. The lowest BCUT2D eigenvalue weighted by molar-refractivity contribution is 0.579. The first-order valence-electron chi connectivity index (χ1n) is 5.78. The maximum absolute atomic E-state index is 12.0. The number of hydrogen-bond acceptors (Lipinski definition) is 7. The highest BCUT2D eigenvalue weighted by molar-refractivity contribution is 7.89. The van der Waals surface area contributed by atoms with Crippen LogP contribution in [0, 0.1) is 6.92 Å². The Hall–Kier alpha value is -2.13. The zero-order valence-corrected chi connectivity index (χ0v) is 11.8. The van der Waals surface area contributed by atoms with Crippen molar-refractivity contribution in [2.45, 2.75) is 18.4 Å². The SMILES string of the molecule is CNc1ncc(S(=O)(=O)NCc2cnc(C)cn2)cn1. The highest BCUT2D eigenvalue weighted by Crippen LogP contribution is 2.07. The first-order chi connectivity index (χ1) is 9.51.